The van der Waals surface area contributed by atoms with Crippen molar-refractivity contribution in [2.24, 2.45) is 0 Å². The summed E-state index contributed by atoms with van der Waals surface area (Å²) in [4.78, 5) is 39.1. The molecule has 0 aromatic carbocycles. The molecule has 0 saturated carbocycles. The van der Waals surface area contributed by atoms with Gasteiger partial charge in [-0.2, -0.15) is 0 Å². The number of rotatable bonds is 8. The molecule has 2 aromatic rings. The van der Waals surface area contributed by atoms with Gasteiger partial charge < -0.3 is 35.4 Å². The highest BCUT2D eigenvalue weighted by atomic mass is 31.3. The lowest BCUT2D eigenvalue weighted by molar-refractivity contribution is -0.0475. The summed E-state index contributed by atoms with van der Waals surface area (Å²) in [6.07, 6.45) is -3.08. The molecule has 6 atom stereocenters. The van der Waals surface area contributed by atoms with Gasteiger partial charge in [-0.15, -0.1) is 9.38 Å². The lowest BCUT2D eigenvalue weighted by Crippen LogP contribution is -2.33. The van der Waals surface area contributed by atoms with Gasteiger partial charge in [0.1, 0.15) is 36.8 Å². The van der Waals surface area contributed by atoms with Crippen molar-refractivity contribution in [1.29, 1.82) is 0 Å². The van der Waals surface area contributed by atoms with Crippen molar-refractivity contribution in [1.82, 2.24) is 24.4 Å². The Morgan fingerprint density at radius 2 is 1.93 bits per heavy atom. The van der Waals surface area contributed by atoms with Crippen LogP contribution in [-0.4, -0.2) is 69.3 Å². The zero-order valence-corrected chi connectivity index (χ0v) is 17.2. The number of aliphatic hydroxyl groups is 2. The van der Waals surface area contributed by atoms with Crippen molar-refractivity contribution >= 4 is 40.7 Å². The smallest absolute Gasteiger partial charge is 0.387 e. The van der Waals surface area contributed by atoms with E-state index in [1.165, 1.54) is 10.9 Å². The molecule has 17 nitrogen and oxygen atoms in total. The van der Waals surface area contributed by atoms with Crippen LogP contribution in [0.3, 0.4) is 0 Å². The van der Waals surface area contributed by atoms with E-state index in [2.05, 4.69) is 23.8 Å². The van der Waals surface area contributed by atoms with E-state index in [9.17, 15) is 28.8 Å². The average Bonchev–Trinajstić information content (AvgIpc) is 3.14. The first-order chi connectivity index (χ1) is 13.9. The van der Waals surface area contributed by atoms with Gasteiger partial charge in [-0.1, -0.05) is 0 Å². The molecule has 166 valence electrons. The highest BCUT2D eigenvalue weighted by molar-refractivity contribution is 7.69. The normalized spacial score (nSPS) is 27.3. The topological polar surface area (TPSA) is 262 Å². The first-order valence-corrected chi connectivity index (χ1v) is 12.1. The van der Waals surface area contributed by atoms with Gasteiger partial charge in [0.2, 0.25) is 0 Å². The van der Waals surface area contributed by atoms with Crippen LogP contribution < -0.4 is 10.6 Å². The number of aromatic nitrogens is 4. The number of nitrogens with one attached hydrogen (secondary N) is 1. The minimum atomic E-state index is -5.16. The van der Waals surface area contributed by atoms with Gasteiger partial charge in [-0.3, -0.25) is 4.57 Å². The number of nitrogen functional groups attached to an aromatic ring is 1. The third-order valence-electron chi connectivity index (χ3n) is 3.78. The second kappa shape index (κ2) is 8.59. The lowest BCUT2D eigenvalue weighted by Gasteiger charge is -2.16. The maximum Gasteiger partial charge on any atom is 0.707 e. The first-order valence-electron chi connectivity index (χ1n) is 7.80. The summed E-state index contributed by atoms with van der Waals surface area (Å²) in [5.74, 6) is 0.0816. The highest BCUT2D eigenvalue weighted by Crippen LogP contribution is 2.54. The number of nitrogens with two attached hydrogens (primary N) is 1. The predicted octanol–water partition coefficient (Wildman–Crippen LogP) is -1.50. The summed E-state index contributed by atoms with van der Waals surface area (Å²) >= 11 is 0. The third-order valence-corrected chi connectivity index (χ3v) is 7.61. The van der Waals surface area contributed by atoms with E-state index in [1.54, 1.807) is 0 Å². The van der Waals surface area contributed by atoms with Gasteiger partial charge in [-0.25, -0.2) is 24.1 Å². The fourth-order valence-electron chi connectivity index (χ4n) is 2.58. The molecule has 1 fully saturated rings. The lowest BCUT2D eigenvalue weighted by atomic mass is 10.1. The summed E-state index contributed by atoms with van der Waals surface area (Å²) in [5.41, 5.74) is 6.12. The molecular weight excluding hydrogens is 473 g/mol. The van der Waals surface area contributed by atoms with Gasteiger partial charge in [0.25, 0.3) is 0 Å². The molecule has 0 radical (unpaired) electrons. The quantitative estimate of drug-likeness (QED) is 0.208. The Hall–Kier alpha value is -1.45. The van der Waals surface area contributed by atoms with Crippen molar-refractivity contribution in [3.63, 3.8) is 0 Å². The maximum atomic E-state index is 11.6. The molecule has 2 aromatic heterocycles. The van der Waals surface area contributed by atoms with Crippen LogP contribution in [0.4, 0.5) is 5.82 Å². The van der Waals surface area contributed by atoms with Gasteiger partial charge in [0.15, 0.2) is 17.7 Å². The summed E-state index contributed by atoms with van der Waals surface area (Å²) < 4.78 is 49.2. The number of imidazole rings is 1. The van der Waals surface area contributed by atoms with Crippen LogP contribution in [-0.2, 0) is 27.3 Å². The Bertz CT molecular complexity index is 1040. The number of anilines is 1. The monoisotopic (exact) mass is 489 g/mol. The summed E-state index contributed by atoms with van der Waals surface area (Å²) in [7, 11) is -13.7. The van der Waals surface area contributed by atoms with Crippen molar-refractivity contribution in [2.75, 3.05) is 12.3 Å². The van der Waals surface area contributed by atoms with Crippen LogP contribution in [0.25, 0.3) is 11.2 Å². The number of hydrogen-bond donors (Lipinski definition) is 7. The van der Waals surface area contributed by atoms with Crippen LogP contribution in [0.2, 0.25) is 0 Å². The van der Waals surface area contributed by atoms with Crippen molar-refractivity contribution in [3.05, 3.63) is 12.7 Å². The number of aliphatic hydroxyl groups excluding tert-OH is 2. The SMILES string of the molecule is Nc1ncnc2c1ncn2[C@@H]1O[C@H](CO[P+](=O)OP(=O)(O)NP(=O)(O)O)[C@@H](O)[C@H]1O. The van der Waals surface area contributed by atoms with Crippen molar-refractivity contribution in [2.45, 2.75) is 24.5 Å². The van der Waals surface area contributed by atoms with E-state index < -0.39 is 54.9 Å². The Kier molecular flexibility index (Phi) is 6.65. The molecule has 1 saturated heterocycles. The Morgan fingerprint density at radius 1 is 1.23 bits per heavy atom. The molecule has 0 amide bonds. The van der Waals surface area contributed by atoms with Gasteiger partial charge in [-0.05, 0) is 4.31 Å². The molecule has 1 aliphatic rings. The van der Waals surface area contributed by atoms with E-state index in [-0.39, 0.29) is 17.0 Å². The standard InChI is InChI=1S/C10H15N6O11P3/c11-8-5-9(13-2-12-8)16(3-14-5)10-7(18)6(17)4(26-10)1-25-28(19)27-30(23,24)15-29(20,21)22/h2-4,6-7,10,17-18H,1H2,(H5-,11,12,13,15,20,21,22,23,24)/p+1/t4-,6-,7-,10-/m1/s1. The third kappa shape index (κ3) is 5.23. The van der Waals surface area contributed by atoms with E-state index in [4.69, 9.17) is 20.3 Å². The van der Waals surface area contributed by atoms with Crippen LogP contribution in [0.5, 0.6) is 0 Å². The molecule has 2 unspecified atom stereocenters. The van der Waals surface area contributed by atoms with Gasteiger partial charge >= 0.3 is 23.7 Å². The molecule has 0 bridgehead atoms. The molecule has 3 rings (SSSR count). The molecule has 30 heavy (non-hydrogen) atoms. The first kappa shape index (κ1) is 23.2. The highest BCUT2D eigenvalue weighted by Gasteiger charge is 2.47. The van der Waals surface area contributed by atoms with E-state index in [1.807, 2.05) is 0 Å². The number of nitrogens with zero attached hydrogens (tertiary/aromatic N) is 4. The van der Waals surface area contributed by atoms with Gasteiger partial charge in [0.05, 0.1) is 6.33 Å². The molecular formula is C10H16N6O11P3+. The average molecular weight is 489 g/mol. The van der Waals surface area contributed by atoms with E-state index in [0.29, 0.717) is 0 Å². The number of fused-ring (bicyclic) bond motifs is 1. The Labute approximate surface area is 167 Å². The molecule has 0 spiro atoms. The van der Waals surface area contributed by atoms with Crippen LogP contribution in [0.1, 0.15) is 6.23 Å². The van der Waals surface area contributed by atoms with Gasteiger partial charge in [0, 0.05) is 4.57 Å². The van der Waals surface area contributed by atoms with Crippen molar-refractivity contribution in [3.8, 4) is 0 Å². The Balaban J connectivity index is 1.64. The van der Waals surface area contributed by atoms with Crippen LogP contribution in [0.15, 0.2) is 12.7 Å². The van der Waals surface area contributed by atoms with Crippen LogP contribution in [0, 0.1) is 0 Å². The molecule has 1 aliphatic heterocycles. The van der Waals surface area contributed by atoms with E-state index >= 15 is 0 Å². The molecule has 20 heteroatoms. The minimum Gasteiger partial charge on any atom is -0.387 e. The Morgan fingerprint density at radius 3 is 2.60 bits per heavy atom. The van der Waals surface area contributed by atoms with E-state index in [0.717, 1.165) is 11.2 Å². The fourth-order valence-corrected chi connectivity index (χ4v) is 5.56. The largest absolute Gasteiger partial charge is 0.707 e. The van der Waals surface area contributed by atoms with Crippen molar-refractivity contribution < 1.29 is 52.2 Å². The molecule has 3 heterocycles. The summed E-state index contributed by atoms with van der Waals surface area (Å²) in [6.45, 7) is -0.677. The van der Waals surface area contributed by atoms with Crippen LogP contribution >= 0.6 is 23.7 Å². The second-order valence-electron chi connectivity index (χ2n) is 5.89. The summed E-state index contributed by atoms with van der Waals surface area (Å²) in [6, 6.07) is 0. The maximum absolute atomic E-state index is 11.6. The second-order valence-corrected chi connectivity index (χ2v) is 10.2. The zero-order chi connectivity index (χ0) is 22.3. The number of hydrogen-bond acceptors (Lipinski definition) is 12. The summed E-state index contributed by atoms with van der Waals surface area (Å²) in [5, 5.41) is 20.4. The zero-order valence-electron chi connectivity index (χ0n) is 14.6. The fraction of sp³-hybridized carbons (Fsp3) is 0.500. The number of ether oxygens (including phenoxy) is 1. The predicted molar refractivity (Wildman–Crippen MR) is 95.3 cm³/mol. The molecule has 0 aliphatic carbocycles. The molecule has 8 N–H and O–H groups in total. The minimum absolute atomic E-state index is 0.0816.